The molecule has 172 valence electrons. The quantitative estimate of drug-likeness (QED) is 0.508. The summed E-state index contributed by atoms with van der Waals surface area (Å²) in [6.45, 7) is 0.832. The molecule has 2 fully saturated rings. The van der Waals surface area contributed by atoms with Gasteiger partial charge in [-0.3, -0.25) is 9.48 Å². The topological polar surface area (TPSA) is 104 Å². The first-order valence-electron chi connectivity index (χ1n) is 11.1. The average molecular weight is 468 g/mol. The molecule has 2 aliphatic rings. The third kappa shape index (κ3) is 3.94. The summed E-state index contributed by atoms with van der Waals surface area (Å²) in [6.07, 6.45) is 10.8. The number of hydrogen-bond acceptors (Lipinski definition) is 6. The molecule has 33 heavy (non-hydrogen) atoms. The Morgan fingerprint density at radius 3 is 2.91 bits per heavy atom. The number of pyridine rings is 1. The van der Waals surface area contributed by atoms with Crippen molar-refractivity contribution >= 4 is 28.9 Å². The number of primary amides is 1. The van der Waals surface area contributed by atoms with Gasteiger partial charge in [0.2, 0.25) is 0 Å². The number of ether oxygens (including phenoxy) is 2. The molecule has 1 amide bonds. The lowest BCUT2D eigenvalue weighted by molar-refractivity contribution is -0.0247. The number of amides is 1. The summed E-state index contributed by atoms with van der Waals surface area (Å²) in [5.74, 6) is 0.0244. The second kappa shape index (κ2) is 8.68. The smallest absolute Gasteiger partial charge is 0.252 e. The first kappa shape index (κ1) is 21.7. The molecule has 3 N–H and O–H groups in total. The third-order valence-electron chi connectivity index (χ3n) is 6.68. The van der Waals surface area contributed by atoms with E-state index in [1.807, 2.05) is 24.4 Å². The highest BCUT2D eigenvalue weighted by Gasteiger charge is 2.47. The average Bonchev–Trinajstić information content (AvgIpc) is 3.55. The molecule has 5 rings (SSSR count). The van der Waals surface area contributed by atoms with Crippen molar-refractivity contribution in [3.63, 3.8) is 0 Å². The lowest BCUT2D eigenvalue weighted by atomic mass is 9.94. The van der Waals surface area contributed by atoms with Crippen LogP contribution >= 0.6 is 11.6 Å². The van der Waals surface area contributed by atoms with E-state index >= 15 is 0 Å². The van der Waals surface area contributed by atoms with Crippen molar-refractivity contribution in [2.45, 2.75) is 43.7 Å². The lowest BCUT2D eigenvalue weighted by Crippen LogP contribution is -2.34. The largest absolute Gasteiger partial charge is 0.494 e. The van der Waals surface area contributed by atoms with Gasteiger partial charge in [-0.1, -0.05) is 23.7 Å². The van der Waals surface area contributed by atoms with Crippen LogP contribution in [0.2, 0.25) is 5.15 Å². The molecule has 2 aromatic heterocycles. The van der Waals surface area contributed by atoms with E-state index in [1.54, 1.807) is 13.2 Å². The summed E-state index contributed by atoms with van der Waals surface area (Å²) in [7, 11) is 1.61. The summed E-state index contributed by atoms with van der Waals surface area (Å²) >= 11 is 6.05. The molecular formula is C24H26ClN5O3. The molecule has 2 atom stereocenters. The molecule has 0 radical (unpaired) electrons. The van der Waals surface area contributed by atoms with E-state index in [0.717, 1.165) is 49.8 Å². The van der Waals surface area contributed by atoms with Crippen LogP contribution in [0.1, 0.15) is 48.5 Å². The van der Waals surface area contributed by atoms with E-state index in [9.17, 15) is 4.79 Å². The van der Waals surface area contributed by atoms with E-state index in [2.05, 4.69) is 21.2 Å². The van der Waals surface area contributed by atoms with Crippen LogP contribution in [0, 0.1) is 0 Å². The molecule has 9 heteroatoms. The number of carbonyl (C=O) groups is 1. The number of carbonyl (C=O) groups excluding carboxylic acids is 1. The van der Waals surface area contributed by atoms with Gasteiger partial charge in [0.1, 0.15) is 10.9 Å². The number of hydrogen-bond donors (Lipinski definition) is 2. The molecule has 3 heterocycles. The van der Waals surface area contributed by atoms with Crippen LogP contribution < -0.4 is 15.8 Å². The maximum atomic E-state index is 11.8. The molecule has 3 aromatic rings. The molecule has 1 spiro atoms. The van der Waals surface area contributed by atoms with Crippen LogP contribution in [0.25, 0.3) is 11.1 Å². The first-order chi connectivity index (χ1) is 16.0. The van der Waals surface area contributed by atoms with Crippen LogP contribution in [-0.2, 0) is 4.74 Å². The zero-order chi connectivity index (χ0) is 23.0. The summed E-state index contributed by atoms with van der Waals surface area (Å²) in [6, 6.07) is 7.58. The highest BCUT2D eigenvalue weighted by Crippen LogP contribution is 2.48. The van der Waals surface area contributed by atoms with Gasteiger partial charge in [0.25, 0.3) is 5.91 Å². The maximum Gasteiger partial charge on any atom is 0.252 e. The fourth-order valence-electron chi connectivity index (χ4n) is 5.18. The number of halogens is 1. The fraction of sp³-hybridized carbons (Fsp3) is 0.375. The minimum atomic E-state index is -0.599. The van der Waals surface area contributed by atoms with Gasteiger partial charge in [-0.15, -0.1) is 0 Å². The van der Waals surface area contributed by atoms with Gasteiger partial charge >= 0.3 is 0 Å². The van der Waals surface area contributed by atoms with Gasteiger partial charge in [0, 0.05) is 30.1 Å². The Labute approximate surface area is 197 Å². The first-order valence-corrected chi connectivity index (χ1v) is 11.5. The number of rotatable bonds is 6. The standard InChI is InChI=1S/C24H26ClN5O3/c1-32-22-16(5-2-6-18(22)29-19-11-21(25)27-13-17(19)23(26)31)15-12-28-30(14-15)20-7-3-8-24(20)9-4-10-33-24/h2,5-6,11-14,20H,3-4,7-10H2,1H3,(H2,26,31)(H,27,29)/t20?,24-/m0/s1. The Morgan fingerprint density at radius 1 is 1.30 bits per heavy atom. The van der Waals surface area contributed by atoms with Crippen molar-refractivity contribution in [2.24, 2.45) is 5.73 Å². The monoisotopic (exact) mass is 467 g/mol. The zero-order valence-corrected chi connectivity index (χ0v) is 19.1. The van der Waals surface area contributed by atoms with Crippen LogP contribution in [0.15, 0.2) is 42.9 Å². The molecule has 1 aliphatic carbocycles. The summed E-state index contributed by atoms with van der Waals surface area (Å²) < 4.78 is 14.0. The van der Waals surface area contributed by atoms with Crippen molar-refractivity contribution in [3.05, 3.63) is 53.6 Å². The van der Waals surface area contributed by atoms with Gasteiger partial charge in [-0.25, -0.2) is 4.98 Å². The van der Waals surface area contributed by atoms with Crippen molar-refractivity contribution in [1.82, 2.24) is 14.8 Å². The lowest BCUT2D eigenvalue weighted by Gasteiger charge is -2.30. The van der Waals surface area contributed by atoms with Gasteiger partial charge in [0.05, 0.1) is 41.9 Å². The maximum absolute atomic E-state index is 11.8. The van der Waals surface area contributed by atoms with Crippen LogP contribution in [0.5, 0.6) is 5.75 Å². The van der Waals surface area contributed by atoms with Gasteiger partial charge < -0.3 is 20.5 Å². The number of aromatic nitrogens is 3. The predicted molar refractivity (Wildman–Crippen MR) is 126 cm³/mol. The highest BCUT2D eigenvalue weighted by atomic mass is 35.5. The van der Waals surface area contributed by atoms with E-state index in [-0.39, 0.29) is 22.4 Å². The Morgan fingerprint density at radius 2 is 2.15 bits per heavy atom. The second-order valence-electron chi connectivity index (χ2n) is 8.56. The molecular weight excluding hydrogens is 442 g/mol. The third-order valence-corrected chi connectivity index (χ3v) is 6.88. The Kier molecular flexibility index (Phi) is 5.72. The number of nitrogens with one attached hydrogen (secondary N) is 1. The number of nitrogens with zero attached hydrogens (tertiary/aromatic N) is 3. The van der Waals surface area contributed by atoms with Crippen molar-refractivity contribution < 1.29 is 14.3 Å². The SMILES string of the molecule is COc1c(Nc2cc(Cl)ncc2C(N)=O)cccc1-c1cnn(C2CCC[C@]23CCCO3)c1. The minimum Gasteiger partial charge on any atom is -0.494 e. The zero-order valence-electron chi connectivity index (χ0n) is 18.4. The summed E-state index contributed by atoms with van der Waals surface area (Å²) in [5.41, 5.74) is 8.62. The Hall–Kier alpha value is -3.10. The molecule has 8 nitrogen and oxygen atoms in total. The minimum absolute atomic E-state index is 0.0808. The van der Waals surface area contributed by atoms with E-state index in [4.69, 9.17) is 31.9 Å². The van der Waals surface area contributed by atoms with Crippen molar-refractivity contribution in [3.8, 4) is 16.9 Å². The van der Waals surface area contributed by atoms with Crippen molar-refractivity contribution in [2.75, 3.05) is 19.0 Å². The predicted octanol–water partition coefficient (Wildman–Crippen LogP) is 4.72. The fourth-order valence-corrected chi connectivity index (χ4v) is 5.34. The number of benzene rings is 1. The van der Waals surface area contributed by atoms with Crippen molar-refractivity contribution in [1.29, 1.82) is 0 Å². The normalized spacial score (nSPS) is 22.1. The van der Waals surface area contributed by atoms with Crippen LogP contribution in [0.3, 0.4) is 0 Å². The van der Waals surface area contributed by atoms with E-state index < -0.39 is 5.91 Å². The number of nitrogens with two attached hydrogens (primary N) is 1. The van der Waals surface area contributed by atoms with Gasteiger partial charge in [-0.05, 0) is 44.2 Å². The highest BCUT2D eigenvalue weighted by molar-refractivity contribution is 6.29. The molecule has 1 saturated carbocycles. The summed E-state index contributed by atoms with van der Waals surface area (Å²) in [4.78, 5) is 15.8. The molecule has 1 unspecified atom stereocenters. The molecule has 0 bridgehead atoms. The Bertz CT molecular complexity index is 1180. The van der Waals surface area contributed by atoms with Gasteiger partial charge in [0.15, 0.2) is 0 Å². The summed E-state index contributed by atoms with van der Waals surface area (Å²) in [5, 5.41) is 8.18. The Balaban J connectivity index is 1.49. The molecule has 1 aliphatic heterocycles. The second-order valence-corrected chi connectivity index (χ2v) is 8.95. The van der Waals surface area contributed by atoms with Crippen LogP contribution in [0.4, 0.5) is 11.4 Å². The molecule has 1 aromatic carbocycles. The van der Waals surface area contributed by atoms with Gasteiger partial charge in [-0.2, -0.15) is 5.10 Å². The van der Waals surface area contributed by atoms with E-state index in [0.29, 0.717) is 17.1 Å². The van der Waals surface area contributed by atoms with E-state index in [1.165, 1.54) is 6.20 Å². The number of para-hydroxylation sites is 1. The number of anilines is 2. The van der Waals surface area contributed by atoms with Crippen LogP contribution in [-0.4, -0.2) is 40.0 Å². The number of methoxy groups -OCH3 is 1. The molecule has 1 saturated heterocycles.